The van der Waals surface area contributed by atoms with E-state index in [0.29, 0.717) is 16.5 Å². The third kappa shape index (κ3) is 1.47. The summed E-state index contributed by atoms with van der Waals surface area (Å²) in [6.07, 6.45) is 0. The van der Waals surface area contributed by atoms with E-state index in [1.807, 2.05) is 6.07 Å². The molecule has 0 saturated heterocycles. The predicted octanol–water partition coefficient (Wildman–Crippen LogP) is 2.04. The van der Waals surface area contributed by atoms with Gasteiger partial charge in [-0.05, 0) is 22.0 Å². The Morgan fingerprint density at radius 2 is 2.31 bits per heavy atom. The third-order valence-corrected chi connectivity index (χ3v) is 2.76. The number of nitrogens with two attached hydrogens (primary N) is 1. The van der Waals surface area contributed by atoms with Crippen molar-refractivity contribution in [1.29, 1.82) is 0 Å². The maximum absolute atomic E-state index is 5.57. The molecule has 2 N–H and O–H groups in total. The normalized spacial score (nSPS) is 10.6. The van der Waals surface area contributed by atoms with Gasteiger partial charge in [0.2, 0.25) is 5.88 Å². The van der Waals surface area contributed by atoms with E-state index in [9.17, 15) is 0 Å². The standard InChI is InChI=1S/C7H6BrN3OS/c1-12-6-5-3(2-4(8)10-6)13-7(9)11-5/h2H,1H3,(H2,9,11). The summed E-state index contributed by atoms with van der Waals surface area (Å²) in [7, 11) is 1.56. The van der Waals surface area contributed by atoms with Crippen LogP contribution in [0.5, 0.6) is 5.88 Å². The molecule has 0 saturated carbocycles. The number of fused-ring (bicyclic) bond motifs is 1. The van der Waals surface area contributed by atoms with E-state index in [1.54, 1.807) is 7.11 Å². The molecule has 0 bridgehead atoms. The molecule has 68 valence electrons. The highest BCUT2D eigenvalue weighted by Gasteiger charge is 2.09. The summed E-state index contributed by atoms with van der Waals surface area (Å²) in [6, 6.07) is 1.87. The highest BCUT2D eigenvalue weighted by atomic mass is 79.9. The Hall–Kier alpha value is -0.880. The molecule has 0 aliphatic rings. The van der Waals surface area contributed by atoms with Crippen LogP contribution in [-0.4, -0.2) is 17.1 Å². The smallest absolute Gasteiger partial charge is 0.242 e. The number of hydrogen-bond acceptors (Lipinski definition) is 5. The van der Waals surface area contributed by atoms with E-state index in [1.165, 1.54) is 11.3 Å². The molecule has 0 fully saturated rings. The lowest BCUT2D eigenvalue weighted by molar-refractivity contribution is 0.402. The van der Waals surface area contributed by atoms with Gasteiger partial charge < -0.3 is 10.5 Å². The molecule has 13 heavy (non-hydrogen) atoms. The number of pyridine rings is 1. The maximum atomic E-state index is 5.57. The fourth-order valence-electron chi connectivity index (χ4n) is 1.03. The Balaban J connectivity index is 2.80. The van der Waals surface area contributed by atoms with Gasteiger partial charge in [0.15, 0.2) is 5.13 Å². The van der Waals surface area contributed by atoms with Crippen molar-refractivity contribution in [2.75, 3.05) is 12.8 Å². The van der Waals surface area contributed by atoms with Crippen molar-refractivity contribution in [1.82, 2.24) is 9.97 Å². The predicted molar refractivity (Wildman–Crippen MR) is 56.1 cm³/mol. The number of nitrogens with zero attached hydrogens (tertiary/aromatic N) is 2. The number of methoxy groups -OCH3 is 1. The van der Waals surface area contributed by atoms with Crippen LogP contribution in [0.1, 0.15) is 0 Å². The second-order valence-electron chi connectivity index (χ2n) is 2.35. The van der Waals surface area contributed by atoms with Crippen LogP contribution in [0.3, 0.4) is 0 Å². The zero-order valence-electron chi connectivity index (χ0n) is 6.74. The molecule has 2 heterocycles. The van der Waals surface area contributed by atoms with Crippen LogP contribution in [0.4, 0.5) is 5.13 Å². The topological polar surface area (TPSA) is 61.0 Å². The highest BCUT2D eigenvalue weighted by molar-refractivity contribution is 9.10. The van der Waals surface area contributed by atoms with E-state index in [2.05, 4.69) is 25.9 Å². The van der Waals surface area contributed by atoms with Crippen molar-refractivity contribution in [3.8, 4) is 5.88 Å². The Labute approximate surface area is 86.9 Å². The second kappa shape index (κ2) is 3.12. The van der Waals surface area contributed by atoms with Crippen molar-refractivity contribution >= 4 is 42.6 Å². The molecule has 0 atom stereocenters. The first-order chi connectivity index (χ1) is 6.20. The molecule has 0 spiro atoms. The Bertz CT molecular complexity index is 456. The lowest BCUT2D eigenvalue weighted by atomic mass is 10.4. The van der Waals surface area contributed by atoms with Crippen LogP contribution in [0.25, 0.3) is 10.2 Å². The Morgan fingerprint density at radius 3 is 3.00 bits per heavy atom. The number of hydrogen-bond donors (Lipinski definition) is 1. The minimum Gasteiger partial charge on any atom is -0.479 e. The first-order valence-electron chi connectivity index (χ1n) is 3.47. The van der Waals surface area contributed by atoms with Crippen LogP contribution < -0.4 is 10.5 Å². The van der Waals surface area contributed by atoms with E-state index in [4.69, 9.17) is 10.5 Å². The zero-order valence-corrected chi connectivity index (χ0v) is 9.15. The first-order valence-corrected chi connectivity index (χ1v) is 5.08. The fourth-order valence-corrected chi connectivity index (χ4v) is 2.34. The number of ether oxygens (including phenoxy) is 1. The molecule has 2 aromatic rings. The molecule has 2 rings (SSSR count). The number of thiazole rings is 1. The summed E-state index contributed by atoms with van der Waals surface area (Å²) in [5.41, 5.74) is 6.29. The van der Waals surface area contributed by atoms with Gasteiger partial charge in [-0.1, -0.05) is 11.3 Å². The monoisotopic (exact) mass is 259 g/mol. The summed E-state index contributed by atoms with van der Waals surface area (Å²) in [5.74, 6) is 0.498. The van der Waals surface area contributed by atoms with E-state index >= 15 is 0 Å². The summed E-state index contributed by atoms with van der Waals surface area (Å²) in [5, 5.41) is 0.521. The van der Waals surface area contributed by atoms with Crippen LogP contribution in [0.15, 0.2) is 10.7 Å². The minimum absolute atomic E-state index is 0.498. The van der Waals surface area contributed by atoms with Crippen LogP contribution in [-0.2, 0) is 0 Å². The second-order valence-corrected chi connectivity index (χ2v) is 4.23. The average Bonchev–Trinajstić information content (AvgIpc) is 2.43. The number of aromatic nitrogens is 2. The van der Waals surface area contributed by atoms with E-state index in [0.717, 1.165) is 9.30 Å². The van der Waals surface area contributed by atoms with Crippen molar-refractivity contribution in [3.05, 3.63) is 10.7 Å². The third-order valence-electron chi connectivity index (χ3n) is 1.52. The molecular weight excluding hydrogens is 254 g/mol. The van der Waals surface area contributed by atoms with E-state index in [-0.39, 0.29) is 0 Å². The van der Waals surface area contributed by atoms with Crippen molar-refractivity contribution in [3.63, 3.8) is 0 Å². The SMILES string of the molecule is COc1nc(Br)cc2sc(N)nc12. The van der Waals surface area contributed by atoms with Crippen molar-refractivity contribution in [2.24, 2.45) is 0 Å². The number of nitrogen functional groups attached to an aromatic ring is 1. The quantitative estimate of drug-likeness (QED) is 0.797. The molecule has 0 amide bonds. The first kappa shape index (κ1) is 8.71. The van der Waals surface area contributed by atoms with Gasteiger partial charge in [0.25, 0.3) is 0 Å². The maximum Gasteiger partial charge on any atom is 0.242 e. The lowest BCUT2D eigenvalue weighted by Gasteiger charge is -1.98. The van der Waals surface area contributed by atoms with Gasteiger partial charge in [0, 0.05) is 0 Å². The molecular formula is C7H6BrN3OS. The van der Waals surface area contributed by atoms with Gasteiger partial charge in [-0.25, -0.2) is 9.97 Å². The Kier molecular flexibility index (Phi) is 2.09. The molecule has 0 aliphatic heterocycles. The molecule has 4 nitrogen and oxygen atoms in total. The van der Waals surface area contributed by atoms with Gasteiger partial charge in [-0.2, -0.15) is 0 Å². The number of halogens is 1. The van der Waals surface area contributed by atoms with E-state index < -0.39 is 0 Å². The lowest BCUT2D eigenvalue weighted by Crippen LogP contribution is -1.89. The van der Waals surface area contributed by atoms with Crippen LogP contribution in [0, 0.1) is 0 Å². The fraction of sp³-hybridized carbons (Fsp3) is 0.143. The summed E-state index contributed by atoms with van der Waals surface area (Å²) >= 11 is 4.69. The van der Waals surface area contributed by atoms with Crippen molar-refractivity contribution in [2.45, 2.75) is 0 Å². The molecule has 6 heteroatoms. The van der Waals surface area contributed by atoms with Gasteiger partial charge in [0.05, 0.1) is 11.8 Å². The molecule has 0 aliphatic carbocycles. The summed E-state index contributed by atoms with van der Waals surface area (Å²) < 4.78 is 6.76. The molecule has 2 aromatic heterocycles. The van der Waals surface area contributed by atoms with Gasteiger partial charge in [-0.15, -0.1) is 0 Å². The number of rotatable bonds is 1. The minimum atomic E-state index is 0.498. The van der Waals surface area contributed by atoms with Gasteiger partial charge in [-0.3, -0.25) is 0 Å². The van der Waals surface area contributed by atoms with Crippen LogP contribution >= 0.6 is 27.3 Å². The van der Waals surface area contributed by atoms with Gasteiger partial charge >= 0.3 is 0 Å². The molecule has 0 unspecified atom stereocenters. The largest absolute Gasteiger partial charge is 0.479 e. The Morgan fingerprint density at radius 1 is 1.54 bits per heavy atom. The zero-order chi connectivity index (χ0) is 9.42. The highest BCUT2D eigenvalue weighted by Crippen LogP contribution is 2.31. The van der Waals surface area contributed by atoms with Gasteiger partial charge in [0.1, 0.15) is 10.1 Å². The summed E-state index contributed by atoms with van der Waals surface area (Å²) in [4.78, 5) is 8.23. The van der Waals surface area contributed by atoms with Crippen LogP contribution in [0.2, 0.25) is 0 Å². The molecule has 0 aromatic carbocycles. The summed E-state index contributed by atoms with van der Waals surface area (Å²) in [6.45, 7) is 0. The van der Waals surface area contributed by atoms with Crippen molar-refractivity contribution < 1.29 is 4.74 Å². The molecule has 0 radical (unpaired) electrons. The number of anilines is 1. The average molecular weight is 260 g/mol.